The molecular formula is C7H16N2O2. The smallest absolute Gasteiger partial charge is 0.404 e. The molecule has 0 aliphatic heterocycles. The van der Waals surface area contributed by atoms with Crippen LogP contribution in [0.15, 0.2) is 0 Å². The first-order chi connectivity index (χ1) is 5.27. The largest absolute Gasteiger partial charge is 0.450 e. The van der Waals surface area contributed by atoms with E-state index in [1.54, 1.807) is 0 Å². The molecule has 0 aliphatic carbocycles. The van der Waals surface area contributed by atoms with E-state index in [9.17, 15) is 4.79 Å². The van der Waals surface area contributed by atoms with Crippen molar-refractivity contribution >= 4 is 6.09 Å². The molecule has 3 N–H and O–H groups in total. The van der Waals surface area contributed by atoms with Crippen molar-refractivity contribution in [1.82, 2.24) is 5.32 Å². The number of nitrogens with one attached hydrogen (secondary N) is 1. The zero-order valence-electron chi connectivity index (χ0n) is 6.93. The van der Waals surface area contributed by atoms with Crippen LogP contribution in [-0.2, 0) is 4.74 Å². The Bertz CT molecular complexity index is 107. The first kappa shape index (κ1) is 10.2. The summed E-state index contributed by atoms with van der Waals surface area (Å²) in [5.74, 6) is 0. The third-order valence-corrected chi connectivity index (χ3v) is 1.32. The van der Waals surface area contributed by atoms with Crippen molar-refractivity contribution < 1.29 is 9.53 Å². The molecule has 0 aliphatic rings. The highest BCUT2D eigenvalue weighted by atomic mass is 16.5. The highest BCUT2D eigenvalue weighted by molar-refractivity contribution is 5.64. The Kier molecular flexibility index (Phi) is 6.82. The van der Waals surface area contributed by atoms with Crippen LogP contribution in [0.4, 0.5) is 4.79 Å². The Morgan fingerprint density at radius 1 is 1.45 bits per heavy atom. The first-order valence-corrected chi connectivity index (χ1v) is 3.84. The van der Waals surface area contributed by atoms with Crippen molar-refractivity contribution in [3.05, 3.63) is 0 Å². The molecule has 0 atom stereocenters. The second-order valence-corrected chi connectivity index (χ2v) is 2.33. The van der Waals surface area contributed by atoms with Gasteiger partial charge in [0.15, 0.2) is 0 Å². The molecule has 0 saturated heterocycles. The molecule has 0 saturated carbocycles. The van der Waals surface area contributed by atoms with Gasteiger partial charge in [-0.2, -0.15) is 0 Å². The number of primary amides is 1. The van der Waals surface area contributed by atoms with E-state index in [0.717, 1.165) is 25.8 Å². The van der Waals surface area contributed by atoms with E-state index in [4.69, 9.17) is 5.73 Å². The average Bonchev–Trinajstić information content (AvgIpc) is 1.96. The van der Waals surface area contributed by atoms with Crippen molar-refractivity contribution in [1.29, 1.82) is 0 Å². The maximum absolute atomic E-state index is 10.1. The molecule has 4 heteroatoms. The monoisotopic (exact) mass is 160 g/mol. The number of nitrogens with two attached hydrogens (primary N) is 1. The number of hydrogen-bond donors (Lipinski definition) is 2. The lowest BCUT2D eigenvalue weighted by Crippen LogP contribution is -2.14. The van der Waals surface area contributed by atoms with E-state index in [-0.39, 0.29) is 0 Å². The van der Waals surface area contributed by atoms with Gasteiger partial charge in [-0.1, -0.05) is 0 Å². The van der Waals surface area contributed by atoms with Crippen LogP contribution in [0.5, 0.6) is 0 Å². The van der Waals surface area contributed by atoms with Gasteiger partial charge in [0, 0.05) is 0 Å². The fourth-order valence-corrected chi connectivity index (χ4v) is 0.753. The van der Waals surface area contributed by atoms with E-state index in [1.807, 2.05) is 7.05 Å². The fourth-order valence-electron chi connectivity index (χ4n) is 0.753. The Morgan fingerprint density at radius 2 is 2.18 bits per heavy atom. The number of unbranched alkanes of at least 4 members (excludes halogenated alkanes) is 2. The van der Waals surface area contributed by atoms with E-state index in [0.29, 0.717) is 6.61 Å². The summed E-state index contributed by atoms with van der Waals surface area (Å²) in [6, 6.07) is 0. The molecule has 0 unspecified atom stereocenters. The van der Waals surface area contributed by atoms with Crippen molar-refractivity contribution in [2.45, 2.75) is 19.3 Å². The van der Waals surface area contributed by atoms with Crippen LogP contribution in [0.1, 0.15) is 19.3 Å². The molecule has 66 valence electrons. The van der Waals surface area contributed by atoms with Gasteiger partial charge in [0.2, 0.25) is 0 Å². The SMILES string of the molecule is CNCCCCCOC(N)=O. The summed E-state index contributed by atoms with van der Waals surface area (Å²) >= 11 is 0. The molecule has 0 bridgehead atoms. The zero-order valence-corrected chi connectivity index (χ0v) is 6.93. The fraction of sp³-hybridized carbons (Fsp3) is 0.857. The Hall–Kier alpha value is -0.770. The lowest BCUT2D eigenvalue weighted by molar-refractivity contribution is 0.154. The van der Waals surface area contributed by atoms with Crippen LogP contribution in [0, 0.1) is 0 Å². The van der Waals surface area contributed by atoms with Crippen LogP contribution >= 0.6 is 0 Å². The maximum Gasteiger partial charge on any atom is 0.404 e. The highest BCUT2D eigenvalue weighted by Gasteiger charge is 1.92. The molecule has 0 heterocycles. The number of carbonyl (C=O) groups is 1. The molecule has 1 amide bonds. The van der Waals surface area contributed by atoms with Gasteiger partial charge in [-0.15, -0.1) is 0 Å². The van der Waals surface area contributed by atoms with Crippen LogP contribution in [-0.4, -0.2) is 26.3 Å². The normalized spacial score (nSPS) is 9.55. The minimum absolute atomic E-state index is 0.443. The average molecular weight is 160 g/mol. The second kappa shape index (κ2) is 7.34. The van der Waals surface area contributed by atoms with Gasteiger partial charge in [-0.25, -0.2) is 4.79 Å². The summed E-state index contributed by atoms with van der Waals surface area (Å²) in [6.07, 6.45) is 2.38. The summed E-state index contributed by atoms with van der Waals surface area (Å²) in [7, 11) is 1.92. The van der Waals surface area contributed by atoms with Crippen LogP contribution in [0.25, 0.3) is 0 Å². The van der Waals surface area contributed by atoms with Gasteiger partial charge in [0.05, 0.1) is 6.61 Å². The van der Waals surface area contributed by atoms with Crippen molar-refractivity contribution in [2.24, 2.45) is 5.73 Å². The molecule has 4 nitrogen and oxygen atoms in total. The standard InChI is InChI=1S/C7H16N2O2/c1-9-5-3-2-4-6-11-7(8)10/h9H,2-6H2,1H3,(H2,8,10). The summed E-state index contributed by atoms with van der Waals surface area (Å²) in [5.41, 5.74) is 4.76. The molecule has 0 aromatic rings. The minimum Gasteiger partial charge on any atom is -0.450 e. The van der Waals surface area contributed by atoms with Gasteiger partial charge >= 0.3 is 6.09 Å². The molecule has 0 spiro atoms. The quantitative estimate of drug-likeness (QED) is 0.555. The maximum atomic E-state index is 10.1. The van der Waals surface area contributed by atoms with Gasteiger partial charge in [0.25, 0.3) is 0 Å². The minimum atomic E-state index is -0.682. The lowest BCUT2D eigenvalue weighted by Gasteiger charge is -2.00. The van der Waals surface area contributed by atoms with Crippen LogP contribution in [0.2, 0.25) is 0 Å². The van der Waals surface area contributed by atoms with Crippen molar-refractivity contribution in [3.8, 4) is 0 Å². The number of ether oxygens (including phenoxy) is 1. The Morgan fingerprint density at radius 3 is 2.73 bits per heavy atom. The summed E-state index contributed by atoms with van der Waals surface area (Å²) in [5, 5.41) is 3.03. The third kappa shape index (κ3) is 9.23. The first-order valence-electron chi connectivity index (χ1n) is 3.84. The van der Waals surface area contributed by atoms with Crippen LogP contribution in [0.3, 0.4) is 0 Å². The predicted octanol–water partition coefficient (Wildman–Crippen LogP) is 0.471. The molecule has 0 radical (unpaired) electrons. The number of amides is 1. The van der Waals surface area contributed by atoms with Crippen LogP contribution < -0.4 is 11.1 Å². The molecule has 0 rings (SSSR count). The van der Waals surface area contributed by atoms with Gasteiger partial charge < -0.3 is 15.8 Å². The number of rotatable bonds is 6. The molecule has 11 heavy (non-hydrogen) atoms. The van der Waals surface area contributed by atoms with E-state index in [2.05, 4.69) is 10.1 Å². The predicted molar refractivity (Wildman–Crippen MR) is 43.3 cm³/mol. The number of hydrogen-bond acceptors (Lipinski definition) is 3. The van der Waals surface area contributed by atoms with Gasteiger partial charge in [0.1, 0.15) is 0 Å². The van der Waals surface area contributed by atoms with E-state index < -0.39 is 6.09 Å². The van der Waals surface area contributed by atoms with Gasteiger partial charge in [-0.05, 0) is 32.9 Å². The summed E-state index contributed by atoms with van der Waals surface area (Å²) in [6.45, 7) is 1.45. The van der Waals surface area contributed by atoms with Gasteiger partial charge in [-0.3, -0.25) is 0 Å². The zero-order chi connectivity index (χ0) is 8.53. The third-order valence-electron chi connectivity index (χ3n) is 1.32. The molecule has 0 aromatic heterocycles. The summed E-state index contributed by atoms with van der Waals surface area (Å²) in [4.78, 5) is 10.1. The van der Waals surface area contributed by atoms with E-state index in [1.165, 1.54) is 0 Å². The second-order valence-electron chi connectivity index (χ2n) is 2.33. The lowest BCUT2D eigenvalue weighted by atomic mass is 10.2. The van der Waals surface area contributed by atoms with Crippen molar-refractivity contribution in [2.75, 3.05) is 20.2 Å². The van der Waals surface area contributed by atoms with Crippen molar-refractivity contribution in [3.63, 3.8) is 0 Å². The Balaban J connectivity index is 2.85. The summed E-state index contributed by atoms with van der Waals surface area (Å²) < 4.78 is 4.54. The van der Waals surface area contributed by atoms with E-state index >= 15 is 0 Å². The molecular weight excluding hydrogens is 144 g/mol. The number of carbonyl (C=O) groups excluding carboxylic acids is 1. The topological polar surface area (TPSA) is 64.3 Å². The highest BCUT2D eigenvalue weighted by Crippen LogP contribution is 1.93. The Labute approximate surface area is 67.1 Å². The molecule has 0 fully saturated rings. The molecule has 0 aromatic carbocycles.